The number of aliphatic carboxylic acids is 1. The fourth-order valence-electron chi connectivity index (χ4n) is 2.22. The molecule has 3 nitrogen and oxygen atoms in total. The van der Waals surface area contributed by atoms with Gasteiger partial charge in [0.15, 0.2) is 0 Å². The summed E-state index contributed by atoms with van der Waals surface area (Å²) < 4.78 is 0. The second-order valence-electron chi connectivity index (χ2n) is 4.42. The molecule has 1 saturated heterocycles. The number of carboxylic acid groups (broad SMARTS) is 1. The fourth-order valence-corrected chi connectivity index (χ4v) is 2.22. The van der Waals surface area contributed by atoms with Gasteiger partial charge in [0.2, 0.25) is 0 Å². The average molecular weight is 183 g/mol. The summed E-state index contributed by atoms with van der Waals surface area (Å²) in [5.41, 5.74) is 0. The molecule has 2 aliphatic rings. The van der Waals surface area contributed by atoms with Crippen molar-refractivity contribution in [3.8, 4) is 0 Å². The molecule has 0 bridgehead atoms. The lowest BCUT2D eigenvalue weighted by Crippen LogP contribution is -2.56. The van der Waals surface area contributed by atoms with Crippen LogP contribution in [-0.2, 0) is 4.79 Å². The highest BCUT2D eigenvalue weighted by molar-refractivity contribution is 5.71. The predicted molar refractivity (Wildman–Crippen MR) is 49.5 cm³/mol. The van der Waals surface area contributed by atoms with E-state index in [1.807, 2.05) is 0 Å². The summed E-state index contributed by atoms with van der Waals surface area (Å²) in [5.74, 6) is 0.120. The third-order valence-electron chi connectivity index (χ3n) is 3.67. The fraction of sp³-hybridized carbons (Fsp3) is 0.900. The molecule has 1 N–H and O–H groups in total. The molecule has 0 amide bonds. The Labute approximate surface area is 78.7 Å². The Balaban J connectivity index is 1.75. The maximum atomic E-state index is 10.6. The summed E-state index contributed by atoms with van der Waals surface area (Å²) in [7, 11) is 0. The normalized spacial score (nSPS) is 27.8. The lowest BCUT2D eigenvalue weighted by atomic mass is 9.78. The first-order valence-corrected chi connectivity index (χ1v) is 5.15. The van der Waals surface area contributed by atoms with E-state index in [1.165, 1.54) is 19.3 Å². The maximum Gasteiger partial charge on any atom is 0.309 e. The molecule has 1 heterocycles. The zero-order valence-electron chi connectivity index (χ0n) is 8.07. The molecule has 74 valence electrons. The monoisotopic (exact) mass is 183 g/mol. The largest absolute Gasteiger partial charge is 0.481 e. The molecule has 3 heteroatoms. The second-order valence-corrected chi connectivity index (χ2v) is 4.42. The molecule has 0 spiro atoms. The summed E-state index contributed by atoms with van der Waals surface area (Å²) in [6.07, 6.45) is 4.05. The van der Waals surface area contributed by atoms with Crippen molar-refractivity contribution in [1.82, 2.24) is 4.90 Å². The number of hydrogen-bond acceptors (Lipinski definition) is 2. The van der Waals surface area contributed by atoms with E-state index >= 15 is 0 Å². The number of likely N-dealkylation sites (tertiary alicyclic amines) is 1. The van der Waals surface area contributed by atoms with E-state index in [9.17, 15) is 4.79 Å². The van der Waals surface area contributed by atoms with Gasteiger partial charge in [-0.3, -0.25) is 9.69 Å². The summed E-state index contributed by atoms with van der Waals surface area (Å²) in [6, 6.07) is 0.615. The van der Waals surface area contributed by atoms with Crippen molar-refractivity contribution < 1.29 is 9.90 Å². The minimum absolute atomic E-state index is 0.0949. The smallest absolute Gasteiger partial charge is 0.309 e. The van der Waals surface area contributed by atoms with Crippen LogP contribution < -0.4 is 0 Å². The summed E-state index contributed by atoms with van der Waals surface area (Å²) >= 11 is 0. The molecule has 1 saturated carbocycles. The van der Waals surface area contributed by atoms with Gasteiger partial charge in [0.1, 0.15) is 0 Å². The molecule has 2 rings (SSSR count). The van der Waals surface area contributed by atoms with Crippen LogP contribution in [-0.4, -0.2) is 35.1 Å². The quantitative estimate of drug-likeness (QED) is 0.714. The third-order valence-corrected chi connectivity index (χ3v) is 3.67. The molecule has 1 unspecified atom stereocenters. The van der Waals surface area contributed by atoms with Crippen molar-refractivity contribution in [3.63, 3.8) is 0 Å². The Morgan fingerprint density at radius 3 is 2.46 bits per heavy atom. The van der Waals surface area contributed by atoms with E-state index in [0.29, 0.717) is 6.04 Å². The first kappa shape index (κ1) is 9.00. The number of nitrogens with zero attached hydrogens (tertiary/aromatic N) is 1. The van der Waals surface area contributed by atoms with Crippen LogP contribution in [0.1, 0.15) is 26.2 Å². The number of carbonyl (C=O) groups is 1. The number of hydrogen-bond donors (Lipinski definition) is 1. The Hall–Kier alpha value is -0.570. The minimum Gasteiger partial charge on any atom is -0.481 e. The van der Waals surface area contributed by atoms with Crippen LogP contribution in [0, 0.1) is 11.8 Å². The van der Waals surface area contributed by atoms with Crippen LogP contribution in [0.3, 0.4) is 0 Å². The summed E-state index contributed by atoms with van der Waals surface area (Å²) in [4.78, 5) is 12.9. The lowest BCUT2D eigenvalue weighted by molar-refractivity contribution is -0.149. The molecule has 1 atom stereocenters. The zero-order valence-corrected chi connectivity index (χ0v) is 8.07. The molecule has 2 fully saturated rings. The van der Waals surface area contributed by atoms with E-state index in [-0.39, 0.29) is 5.92 Å². The van der Waals surface area contributed by atoms with Crippen LogP contribution in [0.25, 0.3) is 0 Å². The van der Waals surface area contributed by atoms with Gasteiger partial charge in [-0.15, -0.1) is 0 Å². The second kappa shape index (κ2) is 3.29. The van der Waals surface area contributed by atoms with E-state index in [0.717, 1.165) is 19.0 Å². The van der Waals surface area contributed by atoms with E-state index in [4.69, 9.17) is 5.11 Å². The Morgan fingerprint density at radius 2 is 2.08 bits per heavy atom. The first-order valence-electron chi connectivity index (χ1n) is 5.15. The zero-order chi connectivity index (χ0) is 9.42. The molecule has 0 aromatic carbocycles. The van der Waals surface area contributed by atoms with Crippen LogP contribution in [0.2, 0.25) is 0 Å². The molecule has 1 aliphatic heterocycles. The van der Waals surface area contributed by atoms with Crippen molar-refractivity contribution in [2.75, 3.05) is 13.1 Å². The highest BCUT2D eigenvalue weighted by Gasteiger charge is 2.38. The Bertz CT molecular complexity index is 207. The van der Waals surface area contributed by atoms with Gasteiger partial charge in [-0.2, -0.15) is 0 Å². The maximum absolute atomic E-state index is 10.6. The summed E-state index contributed by atoms with van der Waals surface area (Å²) in [5, 5.41) is 8.72. The molecule has 0 radical (unpaired) electrons. The Kier molecular flexibility index (Phi) is 2.28. The van der Waals surface area contributed by atoms with Crippen LogP contribution >= 0.6 is 0 Å². The molecule has 1 aliphatic carbocycles. The highest BCUT2D eigenvalue weighted by atomic mass is 16.4. The van der Waals surface area contributed by atoms with Crippen LogP contribution in [0.15, 0.2) is 0 Å². The first-order chi connectivity index (χ1) is 6.18. The number of carboxylic acids is 1. The molecule has 13 heavy (non-hydrogen) atoms. The summed E-state index contributed by atoms with van der Waals surface area (Å²) in [6.45, 7) is 3.78. The standard InChI is InChI=1S/C10H17NO2/c1-7(8-3-2-4-8)11-5-9(6-11)10(12)13/h7-9H,2-6H2,1H3,(H,12,13). The van der Waals surface area contributed by atoms with Crippen LogP contribution in [0.4, 0.5) is 0 Å². The van der Waals surface area contributed by atoms with Crippen molar-refractivity contribution in [2.24, 2.45) is 11.8 Å². The SMILES string of the molecule is CC(C1CCC1)N1CC(C(=O)O)C1. The Morgan fingerprint density at radius 1 is 1.46 bits per heavy atom. The van der Waals surface area contributed by atoms with Gasteiger partial charge in [0.25, 0.3) is 0 Å². The van der Waals surface area contributed by atoms with E-state index in [1.54, 1.807) is 0 Å². The van der Waals surface area contributed by atoms with Gasteiger partial charge < -0.3 is 5.11 Å². The van der Waals surface area contributed by atoms with Crippen molar-refractivity contribution in [2.45, 2.75) is 32.2 Å². The van der Waals surface area contributed by atoms with Gasteiger partial charge in [0, 0.05) is 19.1 Å². The van der Waals surface area contributed by atoms with Crippen molar-refractivity contribution in [3.05, 3.63) is 0 Å². The predicted octanol–water partition coefficient (Wildman–Crippen LogP) is 1.19. The van der Waals surface area contributed by atoms with E-state index < -0.39 is 5.97 Å². The topological polar surface area (TPSA) is 40.5 Å². The van der Waals surface area contributed by atoms with E-state index in [2.05, 4.69) is 11.8 Å². The van der Waals surface area contributed by atoms with Gasteiger partial charge in [-0.05, 0) is 25.7 Å². The van der Waals surface area contributed by atoms with Crippen molar-refractivity contribution >= 4 is 5.97 Å². The molecule has 0 aromatic rings. The number of rotatable bonds is 3. The lowest BCUT2D eigenvalue weighted by Gasteiger charge is -2.46. The van der Waals surface area contributed by atoms with Crippen LogP contribution in [0.5, 0.6) is 0 Å². The van der Waals surface area contributed by atoms with Gasteiger partial charge >= 0.3 is 5.97 Å². The molecular weight excluding hydrogens is 166 g/mol. The third kappa shape index (κ3) is 1.57. The highest BCUT2D eigenvalue weighted by Crippen LogP contribution is 2.34. The average Bonchev–Trinajstić information content (AvgIpc) is 1.76. The molecule has 0 aromatic heterocycles. The van der Waals surface area contributed by atoms with Crippen molar-refractivity contribution in [1.29, 1.82) is 0 Å². The van der Waals surface area contributed by atoms with Gasteiger partial charge in [-0.25, -0.2) is 0 Å². The molecular formula is C10H17NO2. The van der Waals surface area contributed by atoms with Gasteiger partial charge in [0.05, 0.1) is 5.92 Å². The minimum atomic E-state index is -0.628. The van der Waals surface area contributed by atoms with Gasteiger partial charge in [-0.1, -0.05) is 6.42 Å².